The third kappa shape index (κ3) is 3.90. The Morgan fingerprint density at radius 1 is 1.39 bits per heavy atom. The molecular formula is C11H19N3O4. The van der Waals surface area contributed by atoms with E-state index in [1.165, 1.54) is 4.90 Å². The largest absolute Gasteiger partial charge is 0.444 e. The topological polar surface area (TPSA) is 79.0 Å². The van der Waals surface area contributed by atoms with Crippen LogP contribution in [0.2, 0.25) is 0 Å². The van der Waals surface area contributed by atoms with Crippen molar-refractivity contribution in [3.05, 3.63) is 0 Å². The van der Waals surface area contributed by atoms with Crippen LogP contribution in [-0.2, 0) is 9.53 Å². The molecule has 0 unspecified atom stereocenters. The lowest BCUT2D eigenvalue weighted by Crippen LogP contribution is -2.40. The quantitative estimate of drug-likeness (QED) is 0.742. The predicted octanol–water partition coefficient (Wildman–Crippen LogP) is 0.405. The highest BCUT2D eigenvalue weighted by Gasteiger charge is 2.32. The van der Waals surface area contributed by atoms with Gasteiger partial charge in [0.15, 0.2) is 0 Å². The molecule has 7 nitrogen and oxygen atoms in total. The minimum absolute atomic E-state index is 0.0886. The number of nitrogens with one attached hydrogen (secondary N) is 1. The summed E-state index contributed by atoms with van der Waals surface area (Å²) >= 11 is 0. The zero-order chi connectivity index (χ0) is 13.9. The number of nitrogens with zero attached hydrogens (tertiary/aromatic N) is 2. The second kappa shape index (κ2) is 5.24. The Bertz CT molecular complexity index is 362. The van der Waals surface area contributed by atoms with Crippen LogP contribution in [0.5, 0.6) is 0 Å². The number of hydrogen-bond acceptors (Lipinski definition) is 4. The van der Waals surface area contributed by atoms with E-state index < -0.39 is 11.7 Å². The molecule has 1 rings (SSSR count). The first-order chi connectivity index (χ1) is 8.20. The summed E-state index contributed by atoms with van der Waals surface area (Å²) in [7, 11) is 1.56. The van der Waals surface area contributed by atoms with E-state index in [9.17, 15) is 14.4 Å². The average Bonchev–Trinajstić information content (AvgIpc) is 2.41. The summed E-state index contributed by atoms with van der Waals surface area (Å²) in [5.74, 6) is -0.256. The van der Waals surface area contributed by atoms with Crippen molar-refractivity contribution in [1.82, 2.24) is 15.1 Å². The fourth-order valence-corrected chi connectivity index (χ4v) is 1.47. The van der Waals surface area contributed by atoms with Gasteiger partial charge in [-0.25, -0.2) is 9.59 Å². The fourth-order valence-electron chi connectivity index (χ4n) is 1.47. The molecule has 0 atom stereocenters. The Kier molecular flexibility index (Phi) is 4.15. The van der Waals surface area contributed by atoms with Crippen molar-refractivity contribution in [2.24, 2.45) is 0 Å². The predicted molar refractivity (Wildman–Crippen MR) is 64.0 cm³/mol. The van der Waals surface area contributed by atoms with Crippen molar-refractivity contribution in [2.45, 2.75) is 26.4 Å². The van der Waals surface area contributed by atoms with Gasteiger partial charge in [-0.2, -0.15) is 0 Å². The first kappa shape index (κ1) is 14.3. The second-order valence-electron chi connectivity index (χ2n) is 5.11. The van der Waals surface area contributed by atoms with Crippen LogP contribution in [0.1, 0.15) is 20.8 Å². The van der Waals surface area contributed by atoms with Crippen LogP contribution in [-0.4, -0.2) is 60.1 Å². The van der Waals surface area contributed by atoms with Crippen LogP contribution < -0.4 is 5.32 Å². The molecule has 1 aliphatic rings. The van der Waals surface area contributed by atoms with Gasteiger partial charge in [-0.15, -0.1) is 0 Å². The number of alkyl carbamates (subject to hydrolysis) is 1. The summed E-state index contributed by atoms with van der Waals surface area (Å²) in [4.78, 5) is 36.7. The summed E-state index contributed by atoms with van der Waals surface area (Å²) < 4.78 is 5.03. The fraction of sp³-hybridized carbons (Fsp3) is 0.727. The molecule has 0 saturated carbocycles. The van der Waals surface area contributed by atoms with E-state index in [4.69, 9.17) is 4.74 Å². The minimum Gasteiger partial charge on any atom is -0.444 e. The number of amides is 4. The van der Waals surface area contributed by atoms with Gasteiger partial charge in [-0.05, 0) is 20.8 Å². The Labute approximate surface area is 106 Å². The third-order valence-electron chi connectivity index (χ3n) is 2.23. The van der Waals surface area contributed by atoms with Gasteiger partial charge in [-0.3, -0.25) is 9.69 Å². The number of carbonyl (C=O) groups excluding carboxylic acids is 3. The van der Waals surface area contributed by atoms with E-state index in [1.807, 2.05) is 0 Å². The monoisotopic (exact) mass is 257 g/mol. The molecule has 0 aromatic carbocycles. The van der Waals surface area contributed by atoms with Crippen LogP contribution in [0.3, 0.4) is 0 Å². The van der Waals surface area contributed by atoms with E-state index in [-0.39, 0.29) is 31.6 Å². The van der Waals surface area contributed by atoms with Gasteiger partial charge < -0.3 is 15.0 Å². The van der Waals surface area contributed by atoms with Gasteiger partial charge in [-0.1, -0.05) is 0 Å². The molecule has 0 aliphatic carbocycles. The highest BCUT2D eigenvalue weighted by atomic mass is 16.6. The number of hydrogen-bond donors (Lipinski definition) is 1. The van der Waals surface area contributed by atoms with Crippen molar-refractivity contribution in [3.8, 4) is 0 Å². The summed E-state index contributed by atoms with van der Waals surface area (Å²) in [6, 6.07) is -0.342. The van der Waals surface area contributed by atoms with Crippen molar-refractivity contribution in [1.29, 1.82) is 0 Å². The van der Waals surface area contributed by atoms with Gasteiger partial charge in [0.25, 0.3) is 0 Å². The highest BCUT2D eigenvalue weighted by Crippen LogP contribution is 2.08. The van der Waals surface area contributed by atoms with Crippen molar-refractivity contribution < 1.29 is 19.1 Å². The average molecular weight is 257 g/mol. The Hall–Kier alpha value is -1.79. The van der Waals surface area contributed by atoms with Crippen molar-refractivity contribution >= 4 is 18.0 Å². The Morgan fingerprint density at radius 2 is 2.00 bits per heavy atom. The molecule has 1 heterocycles. The molecule has 7 heteroatoms. The molecule has 1 saturated heterocycles. The van der Waals surface area contributed by atoms with E-state index in [0.29, 0.717) is 0 Å². The van der Waals surface area contributed by atoms with Crippen molar-refractivity contribution in [3.63, 3.8) is 0 Å². The number of carbonyl (C=O) groups is 3. The molecule has 0 radical (unpaired) electrons. The van der Waals surface area contributed by atoms with Crippen LogP contribution in [0.15, 0.2) is 0 Å². The lowest BCUT2D eigenvalue weighted by molar-refractivity contribution is -0.125. The van der Waals surface area contributed by atoms with E-state index in [2.05, 4.69) is 5.32 Å². The molecule has 18 heavy (non-hydrogen) atoms. The number of likely N-dealkylation sites (N-methyl/N-ethyl adjacent to an activating group) is 1. The molecule has 0 aromatic rings. The standard InChI is InChI=1S/C11H19N3O4/c1-11(2,3)18-9(16)12-5-6-14-8(15)7-13(4)10(14)17/h5-7H2,1-4H3,(H,12,16). The third-order valence-corrected chi connectivity index (χ3v) is 2.23. The minimum atomic E-state index is -0.566. The number of ether oxygens (including phenoxy) is 1. The second-order valence-corrected chi connectivity index (χ2v) is 5.11. The first-order valence-corrected chi connectivity index (χ1v) is 5.73. The maximum atomic E-state index is 11.5. The van der Waals surface area contributed by atoms with Gasteiger partial charge in [0, 0.05) is 20.1 Å². The summed E-state index contributed by atoms with van der Waals surface area (Å²) in [5, 5.41) is 2.50. The molecule has 0 spiro atoms. The van der Waals surface area contributed by atoms with E-state index >= 15 is 0 Å². The highest BCUT2D eigenvalue weighted by molar-refractivity contribution is 6.01. The molecule has 1 N–H and O–H groups in total. The lowest BCUT2D eigenvalue weighted by Gasteiger charge is -2.20. The molecule has 1 fully saturated rings. The number of imide groups is 1. The summed E-state index contributed by atoms with van der Waals surface area (Å²) in [6.45, 7) is 5.70. The lowest BCUT2D eigenvalue weighted by atomic mass is 10.2. The zero-order valence-electron chi connectivity index (χ0n) is 11.1. The maximum Gasteiger partial charge on any atom is 0.407 e. The molecule has 102 valence electrons. The molecule has 1 aliphatic heterocycles. The zero-order valence-corrected chi connectivity index (χ0v) is 11.1. The Balaban J connectivity index is 2.32. The molecular weight excluding hydrogens is 238 g/mol. The molecule has 0 aromatic heterocycles. The van der Waals surface area contributed by atoms with Gasteiger partial charge in [0.1, 0.15) is 12.1 Å². The van der Waals surface area contributed by atoms with Crippen LogP contribution in [0, 0.1) is 0 Å². The van der Waals surface area contributed by atoms with Crippen LogP contribution >= 0.6 is 0 Å². The number of urea groups is 1. The van der Waals surface area contributed by atoms with Gasteiger partial charge in [0.2, 0.25) is 5.91 Å². The normalized spacial score (nSPS) is 16.2. The first-order valence-electron chi connectivity index (χ1n) is 5.73. The van der Waals surface area contributed by atoms with Gasteiger partial charge >= 0.3 is 12.1 Å². The van der Waals surface area contributed by atoms with E-state index in [1.54, 1.807) is 27.8 Å². The number of rotatable bonds is 3. The van der Waals surface area contributed by atoms with Crippen LogP contribution in [0.4, 0.5) is 9.59 Å². The molecule has 0 bridgehead atoms. The summed E-state index contributed by atoms with van der Waals surface area (Å²) in [6.07, 6.45) is -0.560. The van der Waals surface area contributed by atoms with Crippen LogP contribution in [0.25, 0.3) is 0 Å². The maximum absolute atomic E-state index is 11.5. The van der Waals surface area contributed by atoms with E-state index in [0.717, 1.165) is 4.90 Å². The Morgan fingerprint density at radius 3 is 2.44 bits per heavy atom. The smallest absolute Gasteiger partial charge is 0.407 e. The van der Waals surface area contributed by atoms with Gasteiger partial charge in [0.05, 0.1) is 0 Å². The SMILES string of the molecule is CN1CC(=O)N(CCNC(=O)OC(C)(C)C)C1=O. The molecule has 4 amide bonds. The summed E-state index contributed by atoms with van der Waals surface area (Å²) in [5.41, 5.74) is -0.566. The van der Waals surface area contributed by atoms with Crippen molar-refractivity contribution in [2.75, 3.05) is 26.7 Å².